The minimum atomic E-state index is -1.26. The molecule has 0 aliphatic rings. The summed E-state index contributed by atoms with van der Waals surface area (Å²) >= 11 is 0. The molecule has 0 aromatic carbocycles. The predicted octanol–water partition coefficient (Wildman–Crippen LogP) is -1.46. The van der Waals surface area contributed by atoms with E-state index in [9.17, 15) is 14.4 Å². The van der Waals surface area contributed by atoms with E-state index < -0.39 is 37.5 Å². The smallest absolute Gasteiger partial charge is 0.480 e. The van der Waals surface area contributed by atoms with Gasteiger partial charge in [0.1, 0.15) is 0 Å². The van der Waals surface area contributed by atoms with E-state index in [-0.39, 0.29) is 17.1 Å². The largest absolute Gasteiger partial charge is 3.00 e. The molecule has 8 heteroatoms. The standard InChI is InChI=1S/C6H9NO6.Fe/c8-4(9)1-7(2-5(10)11)3-6(12)13;/h1-3H2,(H,8,9)(H,10,11)(H,12,13);/q;+3. The minimum Gasteiger partial charge on any atom is -0.480 e. The summed E-state index contributed by atoms with van der Waals surface area (Å²) in [4.78, 5) is 31.2. The third-order valence-corrected chi connectivity index (χ3v) is 1.08. The zero-order valence-electron chi connectivity index (χ0n) is 6.99. The van der Waals surface area contributed by atoms with E-state index >= 15 is 0 Å². The van der Waals surface area contributed by atoms with Crippen molar-refractivity contribution < 1.29 is 46.8 Å². The maximum absolute atomic E-state index is 10.1. The van der Waals surface area contributed by atoms with Crippen molar-refractivity contribution in [2.45, 2.75) is 0 Å². The monoisotopic (exact) mass is 247 g/mol. The van der Waals surface area contributed by atoms with Crippen LogP contribution in [-0.2, 0) is 31.5 Å². The molecule has 0 aliphatic carbocycles. The van der Waals surface area contributed by atoms with Crippen LogP contribution in [0.2, 0.25) is 0 Å². The first kappa shape index (κ1) is 15.4. The average Bonchev–Trinajstić information content (AvgIpc) is 1.80. The van der Waals surface area contributed by atoms with Crippen LogP contribution in [-0.4, -0.2) is 57.8 Å². The van der Waals surface area contributed by atoms with E-state index in [0.717, 1.165) is 4.90 Å². The molecule has 1 radical (unpaired) electrons. The third kappa shape index (κ3) is 8.98. The van der Waals surface area contributed by atoms with Gasteiger partial charge in [-0.05, 0) is 0 Å². The van der Waals surface area contributed by atoms with Crippen molar-refractivity contribution in [3.63, 3.8) is 0 Å². The van der Waals surface area contributed by atoms with Gasteiger partial charge in [0.15, 0.2) is 0 Å². The molecule has 0 saturated heterocycles. The molecule has 0 aliphatic heterocycles. The summed E-state index contributed by atoms with van der Waals surface area (Å²) in [6.07, 6.45) is 0. The summed E-state index contributed by atoms with van der Waals surface area (Å²) in [7, 11) is 0. The van der Waals surface area contributed by atoms with Gasteiger partial charge in [-0.15, -0.1) is 0 Å². The van der Waals surface area contributed by atoms with E-state index in [1.165, 1.54) is 0 Å². The Balaban J connectivity index is 0. The number of hydrogen-bond donors (Lipinski definition) is 3. The number of carboxylic acids is 3. The molecular formula is C6H9FeNO6+3. The normalized spacial score (nSPS) is 9.21. The van der Waals surface area contributed by atoms with Gasteiger partial charge in [-0.25, -0.2) is 0 Å². The zero-order valence-corrected chi connectivity index (χ0v) is 8.09. The molecule has 14 heavy (non-hydrogen) atoms. The van der Waals surface area contributed by atoms with Gasteiger partial charge in [0, 0.05) is 0 Å². The molecule has 0 bridgehead atoms. The molecule has 3 N–H and O–H groups in total. The van der Waals surface area contributed by atoms with Gasteiger partial charge in [0.2, 0.25) is 0 Å². The Hall–Kier alpha value is -1.11. The molecule has 0 aromatic heterocycles. The molecule has 0 heterocycles. The SMILES string of the molecule is O=C(O)CN(CC(=O)O)CC(=O)O.[Fe+3]. The molecule has 0 fully saturated rings. The molecule has 0 amide bonds. The van der Waals surface area contributed by atoms with E-state index in [1.807, 2.05) is 0 Å². The van der Waals surface area contributed by atoms with Gasteiger partial charge >= 0.3 is 35.0 Å². The van der Waals surface area contributed by atoms with Gasteiger partial charge in [0.25, 0.3) is 0 Å². The van der Waals surface area contributed by atoms with E-state index in [4.69, 9.17) is 15.3 Å². The Kier molecular flexibility index (Phi) is 8.02. The van der Waals surface area contributed by atoms with Crippen LogP contribution in [0.25, 0.3) is 0 Å². The van der Waals surface area contributed by atoms with E-state index in [2.05, 4.69) is 0 Å². The van der Waals surface area contributed by atoms with Crippen molar-refractivity contribution in [2.75, 3.05) is 19.6 Å². The van der Waals surface area contributed by atoms with Gasteiger partial charge in [-0.2, -0.15) is 0 Å². The predicted molar refractivity (Wildman–Crippen MR) is 39.3 cm³/mol. The molecular weight excluding hydrogens is 238 g/mol. The average molecular weight is 247 g/mol. The number of aliphatic carboxylic acids is 3. The summed E-state index contributed by atoms with van der Waals surface area (Å²) in [5, 5.41) is 24.8. The topological polar surface area (TPSA) is 115 Å². The Morgan fingerprint density at radius 3 is 1.14 bits per heavy atom. The molecule has 0 saturated carbocycles. The van der Waals surface area contributed by atoms with Crippen molar-refractivity contribution in [3.8, 4) is 0 Å². The van der Waals surface area contributed by atoms with Crippen LogP contribution in [0.1, 0.15) is 0 Å². The number of carbonyl (C=O) groups is 3. The molecule has 0 spiro atoms. The van der Waals surface area contributed by atoms with Crippen molar-refractivity contribution in [1.82, 2.24) is 4.90 Å². The van der Waals surface area contributed by atoms with Crippen LogP contribution >= 0.6 is 0 Å². The number of rotatable bonds is 6. The van der Waals surface area contributed by atoms with Crippen molar-refractivity contribution in [2.24, 2.45) is 0 Å². The first-order valence-electron chi connectivity index (χ1n) is 3.29. The summed E-state index contributed by atoms with van der Waals surface area (Å²) < 4.78 is 0. The number of hydrogen-bond acceptors (Lipinski definition) is 4. The Bertz CT molecular complexity index is 192. The number of carboxylic acid groups (broad SMARTS) is 3. The van der Waals surface area contributed by atoms with Crippen LogP contribution in [0.3, 0.4) is 0 Å². The second kappa shape index (κ2) is 7.31. The van der Waals surface area contributed by atoms with Crippen LogP contribution in [0.5, 0.6) is 0 Å². The Labute approximate surface area is 89.8 Å². The Morgan fingerprint density at radius 2 is 1.00 bits per heavy atom. The van der Waals surface area contributed by atoms with Crippen molar-refractivity contribution in [3.05, 3.63) is 0 Å². The fourth-order valence-electron chi connectivity index (χ4n) is 0.742. The van der Waals surface area contributed by atoms with E-state index in [1.54, 1.807) is 0 Å². The maximum atomic E-state index is 10.1. The fourth-order valence-corrected chi connectivity index (χ4v) is 0.742. The van der Waals surface area contributed by atoms with Gasteiger partial charge in [0.05, 0.1) is 19.6 Å². The molecule has 0 aromatic rings. The van der Waals surface area contributed by atoms with Crippen LogP contribution in [0.4, 0.5) is 0 Å². The van der Waals surface area contributed by atoms with Gasteiger partial charge < -0.3 is 15.3 Å². The second-order valence-electron chi connectivity index (χ2n) is 2.33. The Morgan fingerprint density at radius 1 is 0.786 bits per heavy atom. The minimum absolute atomic E-state index is 0. The second-order valence-corrected chi connectivity index (χ2v) is 2.33. The molecule has 0 rings (SSSR count). The van der Waals surface area contributed by atoms with Gasteiger partial charge in [-0.1, -0.05) is 0 Å². The van der Waals surface area contributed by atoms with Gasteiger partial charge in [-0.3, -0.25) is 19.3 Å². The molecule has 79 valence electrons. The quantitative estimate of drug-likeness (QED) is 0.491. The first-order valence-corrected chi connectivity index (χ1v) is 3.29. The fraction of sp³-hybridized carbons (Fsp3) is 0.500. The summed E-state index contributed by atoms with van der Waals surface area (Å²) in [5.41, 5.74) is 0. The van der Waals surface area contributed by atoms with Crippen LogP contribution in [0, 0.1) is 0 Å². The first-order chi connectivity index (χ1) is 5.91. The van der Waals surface area contributed by atoms with Crippen LogP contribution in [0.15, 0.2) is 0 Å². The summed E-state index contributed by atoms with van der Waals surface area (Å²) in [5.74, 6) is -3.78. The molecule has 0 unspecified atom stereocenters. The molecule has 7 nitrogen and oxygen atoms in total. The van der Waals surface area contributed by atoms with Crippen LogP contribution < -0.4 is 0 Å². The maximum Gasteiger partial charge on any atom is 3.00 e. The summed E-state index contributed by atoms with van der Waals surface area (Å²) in [6, 6.07) is 0. The zero-order chi connectivity index (χ0) is 10.4. The number of nitrogens with zero attached hydrogens (tertiary/aromatic N) is 1. The molecule has 0 atom stereocenters. The third-order valence-electron chi connectivity index (χ3n) is 1.08. The van der Waals surface area contributed by atoms with Crippen molar-refractivity contribution >= 4 is 17.9 Å². The summed E-state index contributed by atoms with van der Waals surface area (Å²) in [6.45, 7) is -1.80. The van der Waals surface area contributed by atoms with Crippen molar-refractivity contribution in [1.29, 1.82) is 0 Å². The van der Waals surface area contributed by atoms with E-state index in [0.29, 0.717) is 0 Å².